The Bertz CT molecular complexity index is 375. The summed E-state index contributed by atoms with van der Waals surface area (Å²) in [5, 5.41) is 0. The number of methoxy groups -OCH3 is 1. The van der Waals surface area contributed by atoms with Gasteiger partial charge in [-0.25, -0.2) is 0 Å². The molecular weight excluding hydrogens is 242 g/mol. The van der Waals surface area contributed by atoms with Crippen LogP contribution in [0.3, 0.4) is 0 Å². The Morgan fingerprint density at radius 1 is 1.26 bits per heavy atom. The Morgan fingerprint density at radius 3 is 2.53 bits per heavy atom. The molecule has 1 rings (SSSR count). The van der Waals surface area contributed by atoms with Crippen LogP contribution in [0.1, 0.15) is 23.7 Å². The topological polar surface area (TPSA) is 38.8 Å². The number of Topliss-reactive ketones (excluding diaryl/α,β-unsaturated/α-hetero) is 1. The average Bonchev–Trinajstić information content (AvgIpc) is 2.40. The van der Waals surface area contributed by atoms with Gasteiger partial charge in [-0.15, -0.1) is 0 Å². The summed E-state index contributed by atoms with van der Waals surface area (Å²) in [4.78, 5) is 14.1. The van der Waals surface area contributed by atoms with Gasteiger partial charge >= 0.3 is 0 Å². The minimum atomic E-state index is 0.128. The van der Waals surface area contributed by atoms with Gasteiger partial charge in [-0.2, -0.15) is 0 Å². The smallest absolute Gasteiger partial charge is 0.176 e. The second-order valence-corrected chi connectivity index (χ2v) is 4.46. The lowest BCUT2D eigenvalue weighted by Gasteiger charge is -2.15. The van der Waals surface area contributed by atoms with Crippen molar-refractivity contribution in [2.75, 3.05) is 40.5 Å². The highest BCUT2D eigenvalue weighted by molar-refractivity contribution is 5.97. The number of rotatable bonds is 9. The molecule has 0 fully saturated rings. The number of benzene rings is 1. The average molecular weight is 265 g/mol. The Morgan fingerprint density at radius 2 is 1.95 bits per heavy atom. The molecule has 0 aliphatic rings. The zero-order valence-electron chi connectivity index (χ0n) is 12.0. The monoisotopic (exact) mass is 265 g/mol. The van der Waals surface area contributed by atoms with Crippen molar-refractivity contribution < 1.29 is 14.3 Å². The summed E-state index contributed by atoms with van der Waals surface area (Å²) < 4.78 is 10.3. The van der Waals surface area contributed by atoms with Crippen molar-refractivity contribution in [1.29, 1.82) is 0 Å². The number of carbonyl (C=O) groups is 1. The van der Waals surface area contributed by atoms with Crippen LogP contribution in [0.5, 0.6) is 5.75 Å². The summed E-state index contributed by atoms with van der Waals surface area (Å²) in [5.41, 5.74) is 0.724. The maximum atomic E-state index is 12.0. The minimum Gasteiger partial charge on any atom is -0.494 e. The second kappa shape index (κ2) is 8.67. The Balaban J connectivity index is 2.44. The van der Waals surface area contributed by atoms with E-state index in [0.717, 1.165) is 30.9 Å². The fourth-order valence-corrected chi connectivity index (χ4v) is 1.80. The van der Waals surface area contributed by atoms with E-state index in [1.54, 1.807) is 7.11 Å². The molecule has 1 aromatic carbocycles. The van der Waals surface area contributed by atoms with Crippen molar-refractivity contribution in [2.24, 2.45) is 0 Å². The van der Waals surface area contributed by atoms with Crippen LogP contribution in [0, 0.1) is 0 Å². The van der Waals surface area contributed by atoms with Crippen LogP contribution in [-0.2, 0) is 4.74 Å². The number of likely N-dealkylation sites (N-methyl/N-ethyl adjacent to an activating group) is 1. The molecule has 1 aromatic rings. The van der Waals surface area contributed by atoms with Gasteiger partial charge in [0.05, 0.1) is 13.2 Å². The van der Waals surface area contributed by atoms with E-state index in [9.17, 15) is 4.79 Å². The third kappa shape index (κ3) is 5.85. The highest BCUT2D eigenvalue weighted by atomic mass is 16.5. The zero-order chi connectivity index (χ0) is 14.1. The van der Waals surface area contributed by atoms with Gasteiger partial charge in [-0.1, -0.05) is 0 Å². The van der Waals surface area contributed by atoms with Crippen molar-refractivity contribution in [3.8, 4) is 5.75 Å². The van der Waals surface area contributed by atoms with Gasteiger partial charge in [0.2, 0.25) is 0 Å². The zero-order valence-corrected chi connectivity index (χ0v) is 12.0. The summed E-state index contributed by atoms with van der Waals surface area (Å²) in [6.07, 6.45) is 0.934. The van der Waals surface area contributed by atoms with E-state index in [-0.39, 0.29) is 5.78 Å². The molecular formula is C15H23NO3. The predicted molar refractivity (Wildman–Crippen MR) is 75.9 cm³/mol. The van der Waals surface area contributed by atoms with Gasteiger partial charge < -0.3 is 9.47 Å². The molecule has 0 bridgehead atoms. The predicted octanol–water partition coefficient (Wildman–Crippen LogP) is 2.24. The first kappa shape index (κ1) is 15.7. The van der Waals surface area contributed by atoms with E-state index in [4.69, 9.17) is 9.47 Å². The largest absolute Gasteiger partial charge is 0.494 e. The minimum absolute atomic E-state index is 0.128. The quantitative estimate of drug-likeness (QED) is 0.507. The fraction of sp³-hybridized carbons (Fsp3) is 0.533. The second-order valence-electron chi connectivity index (χ2n) is 4.46. The molecule has 0 saturated carbocycles. The van der Waals surface area contributed by atoms with Crippen LogP contribution >= 0.6 is 0 Å². The lowest BCUT2D eigenvalue weighted by atomic mass is 10.1. The molecule has 106 valence electrons. The molecule has 0 aliphatic heterocycles. The molecule has 19 heavy (non-hydrogen) atoms. The number of ether oxygens (including phenoxy) is 2. The van der Waals surface area contributed by atoms with Crippen LogP contribution in [-0.4, -0.2) is 51.1 Å². The van der Waals surface area contributed by atoms with Crippen LogP contribution in [0.2, 0.25) is 0 Å². The molecule has 0 aromatic heterocycles. The fourth-order valence-electron chi connectivity index (χ4n) is 1.80. The molecule has 0 atom stereocenters. The van der Waals surface area contributed by atoms with Crippen molar-refractivity contribution in [3.05, 3.63) is 29.8 Å². The van der Waals surface area contributed by atoms with Gasteiger partial charge in [0, 0.05) is 25.8 Å². The van der Waals surface area contributed by atoms with Crippen molar-refractivity contribution in [3.63, 3.8) is 0 Å². The van der Waals surface area contributed by atoms with Gasteiger partial charge in [0.15, 0.2) is 5.78 Å². The molecule has 0 amide bonds. The number of nitrogens with zero attached hydrogens (tertiary/aromatic N) is 1. The SMILES string of the molecule is CCOc1ccc(C(=O)CN(C)CCCOC)cc1. The van der Waals surface area contributed by atoms with Gasteiger partial charge in [0.25, 0.3) is 0 Å². The lowest BCUT2D eigenvalue weighted by molar-refractivity contribution is 0.0938. The number of ketones is 1. The van der Waals surface area contributed by atoms with E-state index >= 15 is 0 Å². The van der Waals surface area contributed by atoms with Crippen molar-refractivity contribution in [1.82, 2.24) is 4.90 Å². The molecule has 0 heterocycles. The molecule has 4 heteroatoms. The maximum Gasteiger partial charge on any atom is 0.176 e. The summed E-state index contributed by atoms with van der Waals surface area (Å²) >= 11 is 0. The normalized spacial score (nSPS) is 10.7. The Kier molecular flexibility index (Phi) is 7.15. The first-order valence-electron chi connectivity index (χ1n) is 6.61. The highest BCUT2D eigenvalue weighted by Gasteiger charge is 2.09. The molecule has 0 radical (unpaired) electrons. The number of hydrogen-bond donors (Lipinski definition) is 0. The molecule has 0 unspecified atom stereocenters. The highest BCUT2D eigenvalue weighted by Crippen LogP contribution is 2.12. The van der Waals surface area contributed by atoms with E-state index in [2.05, 4.69) is 0 Å². The summed E-state index contributed by atoms with van der Waals surface area (Å²) in [5.74, 6) is 0.926. The first-order chi connectivity index (χ1) is 9.17. The Labute approximate surface area is 115 Å². The van der Waals surface area contributed by atoms with Crippen LogP contribution in [0.25, 0.3) is 0 Å². The lowest BCUT2D eigenvalue weighted by Crippen LogP contribution is -2.27. The van der Waals surface area contributed by atoms with E-state index in [1.807, 2.05) is 43.1 Å². The summed E-state index contributed by atoms with van der Waals surface area (Å²) in [7, 11) is 3.63. The summed E-state index contributed by atoms with van der Waals surface area (Å²) in [6.45, 7) is 4.58. The number of carbonyl (C=O) groups excluding carboxylic acids is 1. The van der Waals surface area contributed by atoms with Crippen molar-refractivity contribution in [2.45, 2.75) is 13.3 Å². The standard InChI is InChI=1S/C15H23NO3/c1-4-19-14-8-6-13(7-9-14)15(17)12-16(2)10-5-11-18-3/h6-9H,4-5,10-12H2,1-3H3. The van der Waals surface area contributed by atoms with E-state index in [1.165, 1.54) is 0 Å². The van der Waals surface area contributed by atoms with Crippen LogP contribution in [0.4, 0.5) is 0 Å². The third-order valence-corrected chi connectivity index (χ3v) is 2.79. The summed E-state index contributed by atoms with van der Waals surface area (Å²) in [6, 6.07) is 7.30. The van der Waals surface area contributed by atoms with Crippen LogP contribution in [0.15, 0.2) is 24.3 Å². The molecule has 0 aliphatic carbocycles. The third-order valence-electron chi connectivity index (χ3n) is 2.79. The molecule has 4 nitrogen and oxygen atoms in total. The van der Waals surface area contributed by atoms with Crippen molar-refractivity contribution >= 4 is 5.78 Å². The van der Waals surface area contributed by atoms with E-state index < -0.39 is 0 Å². The van der Waals surface area contributed by atoms with Gasteiger partial charge in [-0.05, 0) is 44.7 Å². The molecule has 0 spiro atoms. The molecule has 0 saturated heterocycles. The first-order valence-corrected chi connectivity index (χ1v) is 6.61. The van der Waals surface area contributed by atoms with E-state index in [0.29, 0.717) is 13.2 Å². The van der Waals surface area contributed by atoms with Crippen LogP contribution < -0.4 is 4.74 Å². The number of hydrogen-bond acceptors (Lipinski definition) is 4. The van der Waals surface area contributed by atoms with Gasteiger partial charge in [0.1, 0.15) is 5.75 Å². The van der Waals surface area contributed by atoms with Gasteiger partial charge in [-0.3, -0.25) is 9.69 Å². The molecule has 0 N–H and O–H groups in total. The Hall–Kier alpha value is -1.39. The maximum absolute atomic E-state index is 12.0.